The lowest BCUT2D eigenvalue weighted by atomic mass is 9.84. The molecule has 0 saturated carbocycles. The molecule has 1 unspecified atom stereocenters. The van der Waals surface area contributed by atoms with E-state index in [9.17, 15) is 24.3 Å². The molecule has 4 amide bonds. The predicted molar refractivity (Wildman–Crippen MR) is 179 cm³/mol. The normalized spacial score (nSPS) is 22.0. The van der Waals surface area contributed by atoms with Crippen LogP contribution >= 0.6 is 0 Å². The predicted octanol–water partition coefficient (Wildman–Crippen LogP) is 3.72. The van der Waals surface area contributed by atoms with Gasteiger partial charge in [-0.3, -0.25) is 24.1 Å². The Morgan fingerprint density at radius 1 is 0.911 bits per heavy atom. The van der Waals surface area contributed by atoms with Gasteiger partial charge in [0.1, 0.15) is 12.1 Å². The van der Waals surface area contributed by atoms with Crippen molar-refractivity contribution in [2.24, 2.45) is 17.3 Å². The van der Waals surface area contributed by atoms with E-state index in [1.54, 1.807) is 23.8 Å². The van der Waals surface area contributed by atoms with Gasteiger partial charge in [0.15, 0.2) is 0 Å². The third-order valence-electron chi connectivity index (χ3n) is 9.28. The number of likely N-dealkylation sites (N-methyl/N-ethyl adjacent to an activating group) is 1. The maximum Gasteiger partial charge on any atom is 0.249 e. The Balaban J connectivity index is 2.25. The Labute approximate surface area is 272 Å². The molecule has 0 aliphatic carbocycles. The quantitative estimate of drug-likeness (QED) is 0.266. The molecule has 258 valence electrons. The van der Waals surface area contributed by atoms with Crippen LogP contribution in [0.5, 0.6) is 0 Å². The van der Waals surface area contributed by atoms with E-state index in [-0.39, 0.29) is 54.3 Å². The zero-order valence-electron chi connectivity index (χ0n) is 30.0. The first-order valence-corrected chi connectivity index (χ1v) is 17.1. The van der Waals surface area contributed by atoms with Gasteiger partial charge < -0.3 is 25.5 Å². The Bertz CT molecular complexity index is 1050. The molecule has 2 fully saturated rings. The highest BCUT2D eigenvalue weighted by atomic mass is 16.3. The number of likely N-dealkylation sites (tertiary alicyclic amines) is 2. The molecule has 0 aromatic carbocycles. The molecule has 3 N–H and O–H groups in total. The summed E-state index contributed by atoms with van der Waals surface area (Å²) in [4.78, 5) is 60.1. The average molecular weight is 634 g/mol. The molecule has 0 radical (unpaired) electrons. The van der Waals surface area contributed by atoms with Crippen LogP contribution in [0.4, 0.5) is 0 Å². The number of aliphatic hydroxyl groups excluding tert-OH is 1. The Morgan fingerprint density at radius 2 is 1.51 bits per heavy atom. The topological polar surface area (TPSA) is 122 Å². The van der Waals surface area contributed by atoms with Gasteiger partial charge in [-0.05, 0) is 76.7 Å². The summed E-state index contributed by atoms with van der Waals surface area (Å²) in [7, 11) is 1.74. The van der Waals surface area contributed by atoms with Gasteiger partial charge >= 0.3 is 0 Å². The zero-order chi connectivity index (χ0) is 34.2. The maximum atomic E-state index is 14.1. The van der Waals surface area contributed by atoms with Crippen molar-refractivity contribution in [1.82, 2.24) is 25.3 Å². The van der Waals surface area contributed by atoms with Crippen LogP contribution in [0.1, 0.15) is 108 Å². The van der Waals surface area contributed by atoms with Crippen molar-refractivity contribution in [1.29, 1.82) is 0 Å². The molecule has 5 atom stereocenters. The van der Waals surface area contributed by atoms with Gasteiger partial charge in [0.05, 0.1) is 24.7 Å². The molecule has 45 heavy (non-hydrogen) atoms. The summed E-state index contributed by atoms with van der Waals surface area (Å²) in [5.41, 5.74) is -0.0629. The van der Waals surface area contributed by atoms with Gasteiger partial charge in [0.25, 0.3) is 0 Å². The summed E-state index contributed by atoms with van der Waals surface area (Å²) in [6.07, 6.45) is 6.61. The molecular weight excluding hydrogens is 570 g/mol. The van der Waals surface area contributed by atoms with Crippen molar-refractivity contribution in [3.05, 3.63) is 11.6 Å². The lowest BCUT2D eigenvalue weighted by Gasteiger charge is -2.41. The fourth-order valence-corrected chi connectivity index (χ4v) is 6.72. The van der Waals surface area contributed by atoms with Crippen LogP contribution in [0.15, 0.2) is 11.6 Å². The molecule has 0 spiro atoms. The number of piperidine rings is 1. The highest BCUT2D eigenvalue weighted by molar-refractivity contribution is 5.97. The second kappa shape index (κ2) is 16.9. The van der Waals surface area contributed by atoms with Gasteiger partial charge in [0.2, 0.25) is 23.6 Å². The van der Waals surface area contributed by atoms with Gasteiger partial charge in [-0.25, -0.2) is 0 Å². The summed E-state index contributed by atoms with van der Waals surface area (Å²) in [5, 5.41) is 15.8. The minimum atomic E-state index is -0.742. The van der Waals surface area contributed by atoms with Gasteiger partial charge in [0, 0.05) is 25.2 Å². The molecule has 10 nitrogen and oxygen atoms in total. The summed E-state index contributed by atoms with van der Waals surface area (Å²) in [6, 6.07) is -2.10. The Morgan fingerprint density at radius 3 is 2.04 bits per heavy atom. The summed E-state index contributed by atoms with van der Waals surface area (Å²) in [5.74, 6) is -0.462. The van der Waals surface area contributed by atoms with Crippen LogP contribution in [0.25, 0.3) is 0 Å². The molecule has 0 aromatic rings. The van der Waals surface area contributed by atoms with Gasteiger partial charge in [-0.15, -0.1) is 0 Å². The molecule has 0 aromatic heterocycles. The minimum Gasteiger partial charge on any atom is -0.394 e. The zero-order valence-corrected chi connectivity index (χ0v) is 30.0. The molecule has 2 saturated heterocycles. The fraction of sp³-hybridized carbons (Fsp3) is 0.829. The van der Waals surface area contributed by atoms with E-state index in [0.29, 0.717) is 30.9 Å². The number of nitrogens with one attached hydrogen (secondary N) is 2. The largest absolute Gasteiger partial charge is 0.394 e. The number of carbonyl (C=O) groups excluding carboxylic acids is 4. The SMILES string of the molecule is CC(=CC(C(C)C)N(C)C(=O)[C@@H](NC(=O)[C@H]1CCCCN1C(C)C)C(C)(C)C)C(=O)N1CCC[C@H]1C(=O)N[C@@H](CO)CC(C)C. The van der Waals surface area contributed by atoms with Crippen LogP contribution in [0.2, 0.25) is 0 Å². The number of aliphatic hydroxyl groups is 1. The van der Waals surface area contributed by atoms with Crippen molar-refractivity contribution in [2.75, 3.05) is 26.7 Å². The molecule has 2 aliphatic heterocycles. The monoisotopic (exact) mass is 633 g/mol. The molecule has 2 aliphatic rings. The number of amides is 4. The molecule has 2 rings (SSSR count). The van der Waals surface area contributed by atoms with Gasteiger partial charge in [-0.2, -0.15) is 0 Å². The number of hydrogen-bond acceptors (Lipinski definition) is 6. The van der Waals surface area contributed by atoms with E-state index in [0.717, 1.165) is 32.2 Å². The summed E-state index contributed by atoms with van der Waals surface area (Å²) in [6.45, 7) is 21.1. The lowest BCUT2D eigenvalue weighted by Crippen LogP contribution is -2.60. The fourth-order valence-electron chi connectivity index (χ4n) is 6.72. The molecular formula is C35H63N5O5. The molecule has 10 heteroatoms. The van der Waals surface area contributed by atoms with Crippen molar-refractivity contribution in [3.8, 4) is 0 Å². The number of nitrogens with zero attached hydrogens (tertiary/aromatic N) is 3. The lowest BCUT2D eigenvalue weighted by molar-refractivity contribution is -0.142. The number of carbonyl (C=O) groups is 4. The second-order valence-corrected chi connectivity index (χ2v) is 15.4. The van der Waals surface area contributed by atoms with E-state index in [1.165, 1.54) is 0 Å². The summed E-state index contributed by atoms with van der Waals surface area (Å²) < 4.78 is 0. The second-order valence-electron chi connectivity index (χ2n) is 15.4. The van der Waals surface area contributed by atoms with E-state index >= 15 is 0 Å². The summed E-state index contributed by atoms with van der Waals surface area (Å²) >= 11 is 0. The first-order valence-electron chi connectivity index (χ1n) is 17.1. The van der Waals surface area contributed by atoms with Crippen molar-refractivity contribution >= 4 is 23.6 Å². The van der Waals surface area contributed by atoms with Crippen LogP contribution in [-0.2, 0) is 19.2 Å². The third kappa shape index (κ3) is 10.5. The van der Waals surface area contributed by atoms with Crippen molar-refractivity contribution in [3.63, 3.8) is 0 Å². The van der Waals surface area contributed by atoms with E-state index in [1.807, 2.05) is 54.5 Å². The Hall–Kier alpha value is -2.46. The molecule has 2 heterocycles. The van der Waals surface area contributed by atoms with Crippen molar-refractivity contribution < 1.29 is 24.3 Å². The first kappa shape index (κ1) is 38.7. The first-order chi connectivity index (χ1) is 20.9. The average Bonchev–Trinajstić information content (AvgIpc) is 3.46. The maximum absolute atomic E-state index is 14.1. The number of rotatable bonds is 13. The van der Waals surface area contributed by atoms with E-state index < -0.39 is 23.5 Å². The van der Waals surface area contributed by atoms with Crippen molar-refractivity contribution in [2.45, 2.75) is 144 Å². The third-order valence-corrected chi connectivity index (χ3v) is 9.28. The van der Waals surface area contributed by atoms with Crippen LogP contribution < -0.4 is 10.6 Å². The van der Waals surface area contributed by atoms with Crippen LogP contribution in [0.3, 0.4) is 0 Å². The van der Waals surface area contributed by atoms with Crippen LogP contribution in [0, 0.1) is 17.3 Å². The standard InChI is InChI=1S/C35H63N5O5/c1-22(2)19-26(21-41)36-31(42)28-16-14-18-40(28)33(44)25(7)20-29(23(3)4)38(11)34(45)30(35(8,9)10)37-32(43)27-15-12-13-17-39(27)24(5)6/h20,22-24,26-30,41H,12-19,21H2,1-11H3,(H,36,42)(H,37,43)/t26-,27-,28+,29?,30-/m1/s1. The van der Waals surface area contributed by atoms with E-state index in [4.69, 9.17) is 0 Å². The number of hydrogen-bond donors (Lipinski definition) is 3. The van der Waals surface area contributed by atoms with Crippen LogP contribution in [-0.4, -0.2) is 106 Å². The van der Waals surface area contributed by atoms with Gasteiger partial charge in [-0.1, -0.05) is 61.0 Å². The smallest absolute Gasteiger partial charge is 0.249 e. The minimum absolute atomic E-state index is 0.00758. The highest BCUT2D eigenvalue weighted by Gasteiger charge is 2.40. The highest BCUT2D eigenvalue weighted by Crippen LogP contribution is 2.27. The van der Waals surface area contributed by atoms with E-state index in [2.05, 4.69) is 29.4 Å². The Kier molecular flexibility index (Phi) is 14.6. The molecule has 0 bridgehead atoms.